The molecule has 7 nitrogen and oxygen atoms in total. The lowest BCUT2D eigenvalue weighted by Gasteiger charge is -2.30. The standard InChI is InChI=1S/C31H28F3N5O2/c1-3-20-23(33)6-5-17-11-19(40)12-21(24(17)20)26-25(34)27-22(14-35-26)28(38-30(2)8-9-30)37-29(36-27)41-16-31-7-4-10-39(31)15-18(32)13-31/h1,5-6,11-12,14,18,40H,4,7-10,13,15-16H2,2H3,(H,36,37,38)/t18-,31+/m1/s1. The van der Waals surface area contributed by atoms with E-state index in [1.807, 2.05) is 6.92 Å². The second kappa shape index (κ2) is 9.21. The number of nitrogens with one attached hydrogen (secondary N) is 1. The number of benzene rings is 2. The minimum absolute atomic E-state index is 0.0278. The number of aromatic hydroxyl groups is 1. The second-order valence-corrected chi connectivity index (χ2v) is 11.7. The molecule has 4 heterocycles. The molecule has 2 saturated heterocycles. The summed E-state index contributed by atoms with van der Waals surface area (Å²) in [6.45, 7) is 3.44. The van der Waals surface area contributed by atoms with Crippen LogP contribution < -0.4 is 10.1 Å². The van der Waals surface area contributed by atoms with E-state index in [1.165, 1.54) is 30.5 Å². The van der Waals surface area contributed by atoms with Crippen LogP contribution in [0.3, 0.4) is 0 Å². The molecule has 7 rings (SSSR count). The van der Waals surface area contributed by atoms with Crippen molar-refractivity contribution in [1.29, 1.82) is 0 Å². The van der Waals surface area contributed by atoms with Crippen molar-refractivity contribution in [2.45, 2.75) is 56.3 Å². The number of rotatable bonds is 6. The van der Waals surface area contributed by atoms with Crippen LogP contribution in [0, 0.1) is 24.0 Å². The van der Waals surface area contributed by atoms with Gasteiger partial charge in [0.15, 0.2) is 5.82 Å². The maximum atomic E-state index is 16.4. The van der Waals surface area contributed by atoms with Gasteiger partial charge in [-0.25, -0.2) is 13.2 Å². The third-order valence-corrected chi connectivity index (χ3v) is 8.77. The van der Waals surface area contributed by atoms with Gasteiger partial charge in [-0.05, 0) is 62.7 Å². The van der Waals surface area contributed by atoms with E-state index in [1.54, 1.807) is 0 Å². The zero-order valence-corrected chi connectivity index (χ0v) is 22.5. The van der Waals surface area contributed by atoms with Crippen molar-refractivity contribution in [2.75, 3.05) is 25.0 Å². The number of aromatic nitrogens is 3. The number of fused-ring (bicyclic) bond motifs is 3. The first kappa shape index (κ1) is 25.8. The Kier molecular flexibility index (Phi) is 5.81. The lowest BCUT2D eigenvalue weighted by atomic mass is 9.95. The van der Waals surface area contributed by atoms with E-state index in [4.69, 9.17) is 11.2 Å². The van der Waals surface area contributed by atoms with Crippen LogP contribution in [0.1, 0.15) is 44.6 Å². The van der Waals surface area contributed by atoms with Crippen molar-refractivity contribution in [1.82, 2.24) is 19.9 Å². The Balaban J connectivity index is 1.37. The Labute approximate surface area is 234 Å². The van der Waals surface area contributed by atoms with Gasteiger partial charge in [-0.3, -0.25) is 9.88 Å². The highest BCUT2D eigenvalue weighted by atomic mass is 19.1. The van der Waals surface area contributed by atoms with Gasteiger partial charge in [0.1, 0.15) is 41.4 Å². The molecule has 0 spiro atoms. The van der Waals surface area contributed by atoms with Gasteiger partial charge < -0.3 is 15.2 Å². The first-order valence-corrected chi connectivity index (χ1v) is 13.8. The summed E-state index contributed by atoms with van der Waals surface area (Å²) in [4.78, 5) is 15.5. The summed E-state index contributed by atoms with van der Waals surface area (Å²) < 4.78 is 51.5. The number of pyridine rings is 1. The normalized spacial score (nSPS) is 23.0. The maximum Gasteiger partial charge on any atom is 0.319 e. The van der Waals surface area contributed by atoms with Crippen LogP contribution in [0.25, 0.3) is 32.9 Å². The third kappa shape index (κ3) is 4.30. The highest BCUT2D eigenvalue weighted by Crippen LogP contribution is 2.43. The molecule has 41 heavy (non-hydrogen) atoms. The molecule has 0 radical (unpaired) electrons. The number of halogens is 3. The van der Waals surface area contributed by atoms with E-state index >= 15 is 4.39 Å². The number of alkyl halides is 1. The molecule has 0 bridgehead atoms. The van der Waals surface area contributed by atoms with Crippen LogP contribution >= 0.6 is 0 Å². The zero-order valence-electron chi connectivity index (χ0n) is 22.5. The summed E-state index contributed by atoms with van der Waals surface area (Å²) in [5, 5.41) is 14.8. The lowest BCUT2D eigenvalue weighted by Crippen LogP contribution is -2.43. The molecule has 3 fully saturated rings. The molecule has 1 saturated carbocycles. The van der Waals surface area contributed by atoms with E-state index in [2.05, 4.69) is 31.1 Å². The number of hydrogen-bond donors (Lipinski definition) is 2. The quantitative estimate of drug-likeness (QED) is 0.292. The Hall–Kier alpha value is -4.10. The average Bonchev–Trinajstić information content (AvgIpc) is 3.40. The lowest BCUT2D eigenvalue weighted by molar-refractivity contribution is 0.107. The summed E-state index contributed by atoms with van der Waals surface area (Å²) in [5.74, 6) is 1.15. The summed E-state index contributed by atoms with van der Waals surface area (Å²) in [6, 6.07) is 5.39. The van der Waals surface area contributed by atoms with E-state index in [9.17, 15) is 13.9 Å². The van der Waals surface area contributed by atoms with Gasteiger partial charge >= 0.3 is 6.01 Å². The van der Waals surface area contributed by atoms with E-state index < -0.39 is 23.3 Å². The fraction of sp³-hybridized carbons (Fsp3) is 0.387. The number of phenols is 1. The minimum Gasteiger partial charge on any atom is -0.508 e. The van der Waals surface area contributed by atoms with Crippen molar-refractivity contribution >= 4 is 27.5 Å². The molecule has 2 atom stereocenters. The fourth-order valence-electron chi connectivity index (χ4n) is 6.38. The minimum atomic E-state index is -0.913. The highest BCUT2D eigenvalue weighted by molar-refractivity contribution is 6.03. The van der Waals surface area contributed by atoms with E-state index in [-0.39, 0.29) is 51.6 Å². The Morgan fingerprint density at radius 1 is 1.22 bits per heavy atom. The Bertz CT molecular complexity index is 1770. The summed E-state index contributed by atoms with van der Waals surface area (Å²) in [6.07, 6.45) is 10.2. The van der Waals surface area contributed by atoms with Gasteiger partial charge in [-0.15, -0.1) is 6.42 Å². The monoisotopic (exact) mass is 559 g/mol. The molecule has 2 N–H and O–H groups in total. The van der Waals surface area contributed by atoms with Crippen LogP contribution in [-0.2, 0) is 0 Å². The number of anilines is 1. The molecule has 3 aliphatic rings. The first-order chi connectivity index (χ1) is 19.7. The number of hydrogen-bond acceptors (Lipinski definition) is 7. The van der Waals surface area contributed by atoms with Crippen molar-refractivity contribution in [3.8, 4) is 35.4 Å². The molecular weight excluding hydrogens is 531 g/mol. The molecule has 2 aromatic heterocycles. The van der Waals surface area contributed by atoms with Crippen LogP contribution in [0.15, 0.2) is 30.5 Å². The zero-order chi connectivity index (χ0) is 28.5. The van der Waals surface area contributed by atoms with Crippen LogP contribution in [0.2, 0.25) is 0 Å². The van der Waals surface area contributed by atoms with Gasteiger partial charge in [-0.2, -0.15) is 9.97 Å². The predicted molar refractivity (Wildman–Crippen MR) is 150 cm³/mol. The van der Waals surface area contributed by atoms with E-state index in [0.717, 1.165) is 32.2 Å². The highest BCUT2D eigenvalue weighted by Gasteiger charge is 2.49. The molecule has 0 unspecified atom stereocenters. The Morgan fingerprint density at radius 2 is 2.05 bits per heavy atom. The number of phenolic OH excluding ortho intramolecular Hbond substituents is 1. The third-order valence-electron chi connectivity index (χ3n) is 8.77. The molecular formula is C31H28F3N5O2. The van der Waals surface area contributed by atoms with Crippen molar-refractivity contribution in [2.24, 2.45) is 0 Å². The van der Waals surface area contributed by atoms with Crippen LogP contribution in [-0.4, -0.2) is 61.9 Å². The van der Waals surface area contributed by atoms with Gasteiger partial charge in [0.05, 0.1) is 16.5 Å². The molecule has 1 aliphatic carbocycles. The van der Waals surface area contributed by atoms with Crippen molar-refractivity contribution < 1.29 is 23.0 Å². The van der Waals surface area contributed by atoms with Crippen molar-refractivity contribution in [3.63, 3.8) is 0 Å². The molecule has 10 heteroatoms. The molecule has 4 aromatic rings. The molecule has 2 aromatic carbocycles. The maximum absolute atomic E-state index is 16.4. The summed E-state index contributed by atoms with van der Waals surface area (Å²) in [7, 11) is 0. The largest absolute Gasteiger partial charge is 0.508 e. The Morgan fingerprint density at radius 3 is 2.83 bits per heavy atom. The number of ether oxygens (including phenoxy) is 1. The van der Waals surface area contributed by atoms with Gasteiger partial charge in [0, 0.05) is 35.7 Å². The van der Waals surface area contributed by atoms with Crippen LogP contribution in [0.4, 0.5) is 19.0 Å². The van der Waals surface area contributed by atoms with Gasteiger partial charge in [-0.1, -0.05) is 12.0 Å². The molecule has 0 amide bonds. The average molecular weight is 560 g/mol. The van der Waals surface area contributed by atoms with Crippen molar-refractivity contribution in [3.05, 3.63) is 47.7 Å². The number of nitrogens with zero attached hydrogens (tertiary/aromatic N) is 4. The topological polar surface area (TPSA) is 83.4 Å². The second-order valence-electron chi connectivity index (χ2n) is 11.7. The van der Waals surface area contributed by atoms with Gasteiger partial charge in [0.25, 0.3) is 0 Å². The smallest absolute Gasteiger partial charge is 0.319 e. The molecule has 210 valence electrons. The molecule has 2 aliphatic heterocycles. The fourth-order valence-corrected chi connectivity index (χ4v) is 6.38. The summed E-state index contributed by atoms with van der Waals surface area (Å²) in [5.41, 5.74) is -0.730. The van der Waals surface area contributed by atoms with Gasteiger partial charge in [0.2, 0.25) is 0 Å². The summed E-state index contributed by atoms with van der Waals surface area (Å²) >= 11 is 0. The first-order valence-electron chi connectivity index (χ1n) is 13.8. The number of terminal acetylenes is 1. The van der Waals surface area contributed by atoms with E-state index in [0.29, 0.717) is 29.6 Å². The predicted octanol–water partition coefficient (Wildman–Crippen LogP) is 5.73. The SMILES string of the molecule is C#Cc1c(F)ccc2cc(O)cc(-c3ncc4c(NC5(C)CC5)nc(OC[C@@]56CCCN5C[C@H](F)C6)nc4c3F)c12. The van der Waals surface area contributed by atoms with Crippen LogP contribution in [0.5, 0.6) is 11.8 Å².